The molecule has 7 rings (SSSR count). The van der Waals surface area contributed by atoms with Crippen LogP contribution >= 0.6 is 11.8 Å². The third-order valence-electron chi connectivity index (χ3n) is 11.6. The maximum Gasteiger partial charge on any atom is 0.336 e. The van der Waals surface area contributed by atoms with E-state index in [1.165, 1.54) is 17.8 Å². The molecule has 0 amide bonds. The highest BCUT2D eigenvalue weighted by Crippen LogP contribution is 2.69. The van der Waals surface area contributed by atoms with Crippen molar-refractivity contribution < 1.29 is 28.6 Å². The van der Waals surface area contributed by atoms with Gasteiger partial charge in [-0.3, -0.25) is 4.79 Å². The van der Waals surface area contributed by atoms with Crippen LogP contribution in [0.1, 0.15) is 70.1 Å². The zero-order valence-electron chi connectivity index (χ0n) is 25.0. The first-order chi connectivity index (χ1) is 21.1. The van der Waals surface area contributed by atoms with Crippen LogP contribution in [0.4, 0.5) is 4.39 Å². The average molecular weight is 621 g/mol. The molecular weight excluding hydrogens is 583 g/mol. The van der Waals surface area contributed by atoms with Gasteiger partial charge in [0.05, 0.1) is 41.7 Å². The molecule has 9 nitrogen and oxygen atoms in total. The van der Waals surface area contributed by atoms with Gasteiger partial charge in [0.25, 0.3) is 0 Å². The summed E-state index contributed by atoms with van der Waals surface area (Å²) in [5.41, 5.74) is 1.46. The van der Waals surface area contributed by atoms with E-state index in [9.17, 15) is 24.3 Å². The van der Waals surface area contributed by atoms with Crippen LogP contribution in [-0.2, 0) is 25.5 Å². The van der Waals surface area contributed by atoms with Crippen molar-refractivity contribution in [2.75, 3.05) is 12.4 Å². The lowest BCUT2D eigenvalue weighted by atomic mass is 9.45. The van der Waals surface area contributed by atoms with Crippen LogP contribution in [0, 0.1) is 45.9 Å². The standard InChI is InChI=1S/C33H37FN4O5S/c1-31-15-19-17-37-38(21-6-8-27(34)36-18-21)24(19)14-20(31)5-7-22-23-9-10-33(30(41)44-13-11-35,32(23,2)16-25(39)28(22)31)43-29(40)26-4-3-12-42-26/h6,8,14,17-18,22-23,25-26,28,39H,3-5,7,9-10,12-13,15-16H2,1-2H3. The second-order valence-electron chi connectivity index (χ2n) is 13.6. The number of thioether (sulfide) groups is 1. The van der Waals surface area contributed by atoms with Gasteiger partial charge in [-0.1, -0.05) is 31.2 Å². The minimum atomic E-state index is -1.42. The largest absolute Gasteiger partial charge is 0.448 e. The van der Waals surface area contributed by atoms with Crippen molar-refractivity contribution in [1.82, 2.24) is 14.8 Å². The minimum Gasteiger partial charge on any atom is -0.448 e. The quantitative estimate of drug-likeness (QED) is 0.370. The molecule has 232 valence electrons. The Kier molecular flexibility index (Phi) is 7.26. The van der Waals surface area contributed by atoms with E-state index in [2.05, 4.69) is 23.1 Å². The number of aliphatic hydroxyl groups is 1. The number of allylic oxidation sites excluding steroid dienone is 1. The molecule has 2 aromatic heterocycles. The van der Waals surface area contributed by atoms with Gasteiger partial charge >= 0.3 is 5.97 Å². The summed E-state index contributed by atoms with van der Waals surface area (Å²) in [7, 11) is 0. The number of aromatic nitrogens is 3. The predicted molar refractivity (Wildman–Crippen MR) is 160 cm³/mol. The minimum absolute atomic E-state index is 0.0242. The number of halogens is 1. The van der Waals surface area contributed by atoms with Crippen molar-refractivity contribution in [2.24, 2.45) is 28.6 Å². The number of carbonyl (C=O) groups is 2. The molecule has 11 heteroatoms. The maximum absolute atomic E-state index is 13.9. The number of carbonyl (C=O) groups excluding carboxylic acids is 2. The van der Waals surface area contributed by atoms with Gasteiger partial charge in [-0.25, -0.2) is 14.5 Å². The Morgan fingerprint density at radius 1 is 1.27 bits per heavy atom. The summed E-state index contributed by atoms with van der Waals surface area (Å²) in [6.45, 7) is 4.75. The first-order valence-electron chi connectivity index (χ1n) is 15.6. The fourth-order valence-corrected chi connectivity index (χ4v) is 10.4. The van der Waals surface area contributed by atoms with E-state index in [0.717, 1.165) is 42.3 Å². The van der Waals surface area contributed by atoms with Crippen molar-refractivity contribution in [1.29, 1.82) is 5.26 Å². The van der Waals surface area contributed by atoms with Crippen LogP contribution in [0.25, 0.3) is 11.8 Å². The van der Waals surface area contributed by atoms with Crippen LogP contribution in [0.3, 0.4) is 0 Å². The summed E-state index contributed by atoms with van der Waals surface area (Å²) < 4.78 is 27.2. The number of fused-ring (bicyclic) bond motifs is 6. The van der Waals surface area contributed by atoms with Gasteiger partial charge < -0.3 is 14.6 Å². The highest BCUT2D eigenvalue weighted by atomic mass is 32.2. The number of aliphatic hydroxyl groups excluding tert-OH is 1. The molecule has 0 aromatic carbocycles. The fraction of sp³-hybridized carbons (Fsp3) is 0.606. The summed E-state index contributed by atoms with van der Waals surface area (Å²) in [5.74, 6) is -0.936. The predicted octanol–water partition coefficient (Wildman–Crippen LogP) is 4.80. The topological polar surface area (TPSA) is 127 Å². The van der Waals surface area contributed by atoms with Crippen LogP contribution in [0.5, 0.6) is 0 Å². The molecule has 3 heterocycles. The molecule has 4 aliphatic carbocycles. The summed E-state index contributed by atoms with van der Waals surface area (Å²) >= 11 is 0.910. The SMILES string of the molecule is CC12Cc3cnn(-c4ccc(F)nc4)c3C=C1CCC1C2C(O)CC2(C)C1CCC2(OC(=O)C1CCCO1)C(=O)SCC#N. The molecule has 44 heavy (non-hydrogen) atoms. The van der Waals surface area contributed by atoms with E-state index in [0.29, 0.717) is 44.4 Å². The second kappa shape index (κ2) is 10.8. The molecule has 1 aliphatic heterocycles. The number of rotatable bonds is 5. The van der Waals surface area contributed by atoms with Gasteiger partial charge in [0.1, 0.15) is 0 Å². The molecule has 8 unspecified atom stereocenters. The number of nitrogens with zero attached hydrogens (tertiary/aromatic N) is 4. The molecule has 0 spiro atoms. The second-order valence-corrected chi connectivity index (χ2v) is 14.6. The van der Waals surface area contributed by atoms with E-state index < -0.39 is 35.1 Å². The van der Waals surface area contributed by atoms with E-state index in [1.807, 2.05) is 19.2 Å². The molecule has 1 N–H and O–H groups in total. The normalized spacial score (nSPS) is 37.2. The number of hydrogen-bond donors (Lipinski definition) is 1. The average Bonchev–Trinajstić information content (AvgIpc) is 3.73. The van der Waals surface area contributed by atoms with E-state index in [4.69, 9.17) is 9.47 Å². The number of esters is 1. The highest BCUT2D eigenvalue weighted by molar-refractivity contribution is 8.14. The zero-order valence-corrected chi connectivity index (χ0v) is 25.8. The summed E-state index contributed by atoms with van der Waals surface area (Å²) in [6, 6.07) is 5.03. The Labute approximate surface area is 260 Å². The monoisotopic (exact) mass is 620 g/mol. The van der Waals surface area contributed by atoms with Crippen molar-refractivity contribution in [2.45, 2.75) is 83.0 Å². The van der Waals surface area contributed by atoms with Gasteiger partial charge in [0.15, 0.2) is 11.7 Å². The summed E-state index contributed by atoms with van der Waals surface area (Å²) in [5, 5.41) is 25.7. The Bertz CT molecular complexity index is 1560. The maximum atomic E-state index is 13.9. The van der Waals surface area contributed by atoms with Gasteiger partial charge in [0, 0.05) is 12.0 Å². The molecule has 4 fully saturated rings. The fourth-order valence-electron chi connectivity index (χ4n) is 9.63. The van der Waals surface area contributed by atoms with Gasteiger partial charge in [0.2, 0.25) is 11.1 Å². The molecule has 0 radical (unpaired) electrons. The van der Waals surface area contributed by atoms with Gasteiger partial charge in [-0.2, -0.15) is 14.8 Å². The summed E-state index contributed by atoms with van der Waals surface area (Å²) in [6.07, 6.45) is 9.25. The number of pyridine rings is 1. The molecule has 2 aromatic rings. The number of nitriles is 1. The highest BCUT2D eigenvalue weighted by Gasteiger charge is 2.71. The van der Waals surface area contributed by atoms with Crippen LogP contribution in [-0.4, -0.2) is 61.1 Å². The first kappa shape index (κ1) is 29.6. The lowest BCUT2D eigenvalue weighted by molar-refractivity contribution is -0.202. The lowest BCUT2D eigenvalue weighted by Crippen LogP contribution is -2.63. The van der Waals surface area contributed by atoms with Crippen molar-refractivity contribution in [3.05, 3.63) is 47.3 Å². The Balaban J connectivity index is 1.22. The van der Waals surface area contributed by atoms with E-state index in [-0.39, 0.29) is 34.0 Å². The van der Waals surface area contributed by atoms with Crippen molar-refractivity contribution >= 4 is 28.9 Å². The van der Waals surface area contributed by atoms with Crippen molar-refractivity contribution in [3.63, 3.8) is 0 Å². The molecule has 5 aliphatic rings. The molecule has 3 saturated carbocycles. The third-order valence-corrected chi connectivity index (χ3v) is 12.4. The third kappa shape index (κ3) is 4.31. The number of hydrogen-bond acceptors (Lipinski definition) is 9. The molecule has 1 saturated heterocycles. The lowest BCUT2D eigenvalue weighted by Gasteiger charge is -2.60. The van der Waals surface area contributed by atoms with Crippen LogP contribution in [0.15, 0.2) is 30.1 Å². The van der Waals surface area contributed by atoms with E-state index in [1.54, 1.807) is 10.7 Å². The van der Waals surface area contributed by atoms with Gasteiger partial charge in [-0.15, -0.1) is 0 Å². The molecule has 0 bridgehead atoms. The Morgan fingerprint density at radius 2 is 2.11 bits per heavy atom. The van der Waals surface area contributed by atoms with E-state index >= 15 is 0 Å². The Morgan fingerprint density at radius 3 is 2.84 bits per heavy atom. The van der Waals surface area contributed by atoms with Crippen LogP contribution < -0.4 is 0 Å². The Hall–Kier alpha value is -3.07. The van der Waals surface area contributed by atoms with Crippen molar-refractivity contribution in [3.8, 4) is 11.8 Å². The van der Waals surface area contributed by atoms with Crippen LogP contribution in [0.2, 0.25) is 0 Å². The summed E-state index contributed by atoms with van der Waals surface area (Å²) in [4.78, 5) is 31.1. The molecule has 8 atom stereocenters. The number of ether oxygens (including phenoxy) is 2. The zero-order chi connectivity index (χ0) is 30.9. The van der Waals surface area contributed by atoms with Gasteiger partial charge in [-0.05, 0) is 98.3 Å². The smallest absolute Gasteiger partial charge is 0.336 e. The first-order valence-corrected chi connectivity index (χ1v) is 16.6. The molecular formula is C33H37FN4O5S.